The Hall–Kier alpha value is -2.45. The van der Waals surface area contributed by atoms with Crippen molar-refractivity contribution in [2.45, 2.75) is 24.7 Å². The summed E-state index contributed by atoms with van der Waals surface area (Å²) in [7, 11) is -3.54. The standard InChI is InChI=1S/C22H25N3O3S2/c1-2-17-6-8-18(9-7-17)24-11-13-25(14-12-24)21(26)10-15-30(27,28)20-5-3-4-19-22(20)29-16-23-19/h3-9,16H,2,10-15H2,1H3. The second-order valence-corrected chi connectivity index (χ2v) is 10.3. The topological polar surface area (TPSA) is 70.6 Å². The monoisotopic (exact) mass is 443 g/mol. The molecule has 8 heteroatoms. The minimum absolute atomic E-state index is 0.00270. The molecule has 1 aliphatic heterocycles. The number of hydrogen-bond acceptors (Lipinski definition) is 6. The van der Waals surface area contributed by atoms with Crippen LogP contribution in [0.3, 0.4) is 0 Å². The van der Waals surface area contributed by atoms with Crippen LogP contribution in [0.1, 0.15) is 18.9 Å². The van der Waals surface area contributed by atoms with E-state index in [9.17, 15) is 13.2 Å². The quantitative estimate of drug-likeness (QED) is 0.584. The smallest absolute Gasteiger partial charge is 0.223 e. The number of piperazine rings is 1. The van der Waals surface area contributed by atoms with E-state index in [-0.39, 0.29) is 23.0 Å². The number of fused-ring (bicyclic) bond motifs is 1. The predicted octanol–water partition coefficient (Wildman–Crippen LogP) is 3.37. The predicted molar refractivity (Wildman–Crippen MR) is 121 cm³/mol. The van der Waals surface area contributed by atoms with Crippen LogP contribution in [0.5, 0.6) is 0 Å². The number of benzene rings is 2. The zero-order valence-corrected chi connectivity index (χ0v) is 18.6. The van der Waals surface area contributed by atoms with E-state index in [2.05, 4.69) is 41.1 Å². The number of aromatic nitrogens is 1. The summed E-state index contributed by atoms with van der Waals surface area (Å²) in [5.74, 6) is -0.280. The van der Waals surface area contributed by atoms with Crippen molar-refractivity contribution in [1.29, 1.82) is 0 Å². The summed E-state index contributed by atoms with van der Waals surface area (Å²) in [4.78, 5) is 21.1. The van der Waals surface area contributed by atoms with Crippen LogP contribution in [0.2, 0.25) is 0 Å². The van der Waals surface area contributed by atoms with E-state index in [4.69, 9.17) is 0 Å². The van der Waals surface area contributed by atoms with E-state index in [1.807, 2.05) is 0 Å². The molecule has 0 radical (unpaired) electrons. The normalized spacial score (nSPS) is 15.0. The van der Waals surface area contributed by atoms with Crippen LogP contribution in [-0.4, -0.2) is 56.1 Å². The Morgan fingerprint density at radius 1 is 1.07 bits per heavy atom. The van der Waals surface area contributed by atoms with Crippen LogP contribution in [0.25, 0.3) is 10.2 Å². The molecule has 1 fully saturated rings. The molecule has 4 rings (SSSR count). The minimum atomic E-state index is -3.54. The van der Waals surface area contributed by atoms with Crippen molar-refractivity contribution in [1.82, 2.24) is 9.88 Å². The summed E-state index contributed by atoms with van der Waals surface area (Å²) >= 11 is 1.31. The van der Waals surface area contributed by atoms with E-state index in [1.165, 1.54) is 22.6 Å². The lowest BCUT2D eigenvalue weighted by Crippen LogP contribution is -2.49. The largest absolute Gasteiger partial charge is 0.368 e. The van der Waals surface area contributed by atoms with Gasteiger partial charge in [0, 0.05) is 38.3 Å². The van der Waals surface area contributed by atoms with Gasteiger partial charge in [-0.05, 0) is 36.2 Å². The van der Waals surface area contributed by atoms with E-state index in [0.717, 1.165) is 19.5 Å². The number of anilines is 1. The van der Waals surface area contributed by atoms with Crippen LogP contribution in [-0.2, 0) is 21.1 Å². The maximum absolute atomic E-state index is 12.8. The number of carbonyl (C=O) groups is 1. The van der Waals surface area contributed by atoms with Gasteiger partial charge >= 0.3 is 0 Å². The number of rotatable bonds is 6. The molecule has 6 nitrogen and oxygen atoms in total. The third kappa shape index (κ3) is 4.34. The third-order valence-corrected chi connectivity index (χ3v) is 8.34. The first kappa shape index (κ1) is 20.8. The molecule has 0 atom stereocenters. The number of thiazole rings is 1. The van der Waals surface area contributed by atoms with Crippen molar-refractivity contribution in [3.63, 3.8) is 0 Å². The van der Waals surface area contributed by atoms with Crippen LogP contribution in [0.15, 0.2) is 52.9 Å². The Morgan fingerprint density at radius 3 is 2.50 bits per heavy atom. The van der Waals surface area contributed by atoms with Gasteiger partial charge < -0.3 is 9.80 Å². The molecule has 1 aliphatic rings. The Morgan fingerprint density at radius 2 is 1.80 bits per heavy atom. The SMILES string of the molecule is CCc1ccc(N2CCN(C(=O)CCS(=O)(=O)c3cccc4ncsc34)CC2)cc1. The number of sulfone groups is 1. The van der Waals surface area contributed by atoms with Crippen LogP contribution in [0, 0.1) is 0 Å². The van der Waals surface area contributed by atoms with Gasteiger partial charge in [-0.2, -0.15) is 0 Å². The van der Waals surface area contributed by atoms with Crippen molar-refractivity contribution in [2.75, 3.05) is 36.8 Å². The lowest BCUT2D eigenvalue weighted by Gasteiger charge is -2.36. The molecule has 1 amide bonds. The van der Waals surface area contributed by atoms with Gasteiger partial charge in [0.2, 0.25) is 5.91 Å². The molecule has 2 heterocycles. The molecular weight excluding hydrogens is 418 g/mol. The van der Waals surface area contributed by atoms with E-state index < -0.39 is 9.84 Å². The van der Waals surface area contributed by atoms with Gasteiger partial charge in [-0.3, -0.25) is 4.79 Å². The zero-order valence-electron chi connectivity index (χ0n) is 17.0. The lowest BCUT2D eigenvalue weighted by molar-refractivity contribution is -0.131. The first-order valence-electron chi connectivity index (χ1n) is 10.1. The van der Waals surface area contributed by atoms with Gasteiger partial charge in [0.05, 0.1) is 26.4 Å². The summed E-state index contributed by atoms with van der Waals surface area (Å²) in [6.07, 6.45) is 1.02. The molecule has 30 heavy (non-hydrogen) atoms. The van der Waals surface area contributed by atoms with Gasteiger partial charge in [0.15, 0.2) is 9.84 Å². The first-order chi connectivity index (χ1) is 14.5. The Kier molecular flexibility index (Phi) is 6.06. The molecule has 0 saturated carbocycles. The molecule has 1 saturated heterocycles. The van der Waals surface area contributed by atoms with Gasteiger partial charge in [0.25, 0.3) is 0 Å². The molecule has 158 valence electrons. The van der Waals surface area contributed by atoms with E-state index in [0.29, 0.717) is 23.3 Å². The second-order valence-electron chi connectivity index (χ2n) is 7.41. The molecule has 1 aromatic heterocycles. The van der Waals surface area contributed by atoms with Crippen LogP contribution < -0.4 is 4.90 Å². The van der Waals surface area contributed by atoms with Gasteiger partial charge in [-0.15, -0.1) is 11.3 Å². The van der Waals surface area contributed by atoms with Gasteiger partial charge in [0.1, 0.15) is 0 Å². The molecule has 0 aliphatic carbocycles. The van der Waals surface area contributed by atoms with Crippen LogP contribution in [0.4, 0.5) is 5.69 Å². The summed E-state index contributed by atoms with van der Waals surface area (Å²) in [6, 6.07) is 13.6. The number of carbonyl (C=O) groups excluding carboxylic acids is 1. The lowest BCUT2D eigenvalue weighted by atomic mass is 10.1. The highest BCUT2D eigenvalue weighted by molar-refractivity contribution is 7.91. The molecule has 0 unspecified atom stereocenters. The third-order valence-electron chi connectivity index (χ3n) is 5.58. The number of hydrogen-bond donors (Lipinski definition) is 0. The van der Waals surface area contributed by atoms with Gasteiger partial charge in [-0.1, -0.05) is 25.1 Å². The maximum atomic E-state index is 12.8. The Labute approximate surface area is 181 Å². The van der Waals surface area contributed by atoms with Crippen molar-refractivity contribution in [3.8, 4) is 0 Å². The molecule has 0 spiro atoms. The number of aryl methyl sites for hydroxylation is 1. The van der Waals surface area contributed by atoms with E-state index in [1.54, 1.807) is 28.6 Å². The molecule has 0 N–H and O–H groups in total. The fraction of sp³-hybridized carbons (Fsp3) is 0.364. The van der Waals surface area contributed by atoms with Crippen molar-refractivity contribution >= 4 is 43.0 Å². The van der Waals surface area contributed by atoms with E-state index >= 15 is 0 Å². The molecule has 2 aromatic carbocycles. The highest BCUT2D eigenvalue weighted by Gasteiger charge is 2.25. The summed E-state index contributed by atoms with van der Waals surface area (Å²) in [5, 5.41) is 0. The number of amides is 1. The highest BCUT2D eigenvalue weighted by atomic mass is 32.2. The summed E-state index contributed by atoms with van der Waals surface area (Å²) in [6.45, 7) is 4.86. The Balaban J connectivity index is 1.34. The second kappa shape index (κ2) is 8.73. The summed E-state index contributed by atoms with van der Waals surface area (Å²) in [5.41, 5.74) is 4.79. The van der Waals surface area contributed by atoms with Crippen molar-refractivity contribution in [3.05, 3.63) is 53.5 Å². The van der Waals surface area contributed by atoms with Gasteiger partial charge in [-0.25, -0.2) is 13.4 Å². The maximum Gasteiger partial charge on any atom is 0.223 e. The minimum Gasteiger partial charge on any atom is -0.368 e. The summed E-state index contributed by atoms with van der Waals surface area (Å²) < 4.78 is 26.3. The first-order valence-corrected chi connectivity index (χ1v) is 12.7. The van der Waals surface area contributed by atoms with Crippen molar-refractivity contribution < 1.29 is 13.2 Å². The van der Waals surface area contributed by atoms with Crippen molar-refractivity contribution in [2.24, 2.45) is 0 Å². The number of nitrogens with zero attached hydrogens (tertiary/aromatic N) is 3. The average molecular weight is 444 g/mol. The molecular formula is C22H25N3O3S2. The fourth-order valence-corrected chi connectivity index (χ4v) is 6.31. The molecule has 0 bridgehead atoms. The average Bonchev–Trinajstić information content (AvgIpc) is 3.26. The fourth-order valence-electron chi connectivity index (χ4n) is 3.75. The zero-order chi connectivity index (χ0) is 21.1. The Bertz CT molecular complexity index is 1130. The molecule has 3 aromatic rings. The highest BCUT2D eigenvalue weighted by Crippen LogP contribution is 2.27. The van der Waals surface area contributed by atoms with Crippen LogP contribution >= 0.6 is 11.3 Å².